The van der Waals surface area contributed by atoms with Crippen molar-refractivity contribution in [1.29, 1.82) is 0 Å². The first-order valence-corrected chi connectivity index (χ1v) is 9.60. The zero-order chi connectivity index (χ0) is 22.1. The number of methoxy groups -OCH3 is 1. The molecule has 10 heteroatoms. The van der Waals surface area contributed by atoms with Gasteiger partial charge in [0.25, 0.3) is 5.91 Å². The highest BCUT2D eigenvalue weighted by Gasteiger charge is 2.38. The van der Waals surface area contributed by atoms with Crippen LogP contribution >= 0.6 is 0 Å². The Balaban J connectivity index is 2.81. The van der Waals surface area contributed by atoms with E-state index in [1.165, 1.54) is 24.2 Å². The van der Waals surface area contributed by atoms with E-state index >= 15 is 0 Å². The molecular formula is C19H32N2O8. The van der Waals surface area contributed by atoms with Crippen LogP contribution in [0.3, 0.4) is 0 Å². The third kappa shape index (κ3) is 7.07. The number of esters is 1. The van der Waals surface area contributed by atoms with Gasteiger partial charge >= 0.3 is 5.97 Å². The normalized spacial score (nSPS) is 24.5. The van der Waals surface area contributed by atoms with Gasteiger partial charge in [0.1, 0.15) is 30.5 Å². The molecule has 1 aliphatic rings. The number of likely N-dealkylation sites (tertiary alicyclic amines) is 1. The van der Waals surface area contributed by atoms with Gasteiger partial charge in [0.15, 0.2) is 6.10 Å². The van der Waals surface area contributed by atoms with Crippen molar-refractivity contribution in [2.75, 3.05) is 20.7 Å². The summed E-state index contributed by atoms with van der Waals surface area (Å²) in [4.78, 5) is 38.0. The van der Waals surface area contributed by atoms with E-state index in [1.807, 2.05) is 0 Å². The van der Waals surface area contributed by atoms with Crippen molar-refractivity contribution in [3.8, 4) is 0 Å². The molecule has 0 aromatic heterocycles. The van der Waals surface area contributed by atoms with Gasteiger partial charge in [-0.25, -0.2) is 0 Å². The molecule has 0 aromatic rings. The van der Waals surface area contributed by atoms with Gasteiger partial charge in [0.05, 0.1) is 6.54 Å². The summed E-state index contributed by atoms with van der Waals surface area (Å²) in [5, 5.41) is 32.6. The summed E-state index contributed by atoms with van der Waals surface area (Å²) in [5.74, 6) is -1.54. The number of nitrogens with zero attached hydrogens (tertiary/aromatic N) is 1. The van der Waals surface area contributed by atoms with E-state index < -0.39 is 42.5 Å². The largest absolute Gasteiger partial charge is 0.460 e. The number of carbonyl (C=O) groups is 3. The van der Waals surface area contributed by atoms with Gasteiger partial charge < -0.3 is 35.0 Å². The number of aliphatic hydroxyl groups is 3. The molecule has 166 valence electrons. The van der Waals surface area contributed by atoms with Crippen molar-refractivity contribution in [2.45, 2.75) is 69.7 Å². The smallest absolute Gasteiger partial charge is 0.305 e. The molecule has 1 heterocycles. The Hall–Kier alpha value is -2.01. The van der Waals surface area contributed by atoms with Gasteiger partial charge in [-0.2, -0.15) is 0 Å². The fraction of sp³-hybridized carbons (Fsp3) is 0.737. The molecule has 0 aromatic carbocycles. The molecule has 10 nitrogen and oxygen atoms in total. The fourth-order valence-electron chi connectivity index (χ4n) is 3.08. The average Bonchev–Trinajstić information content (AvgIpc) is 2.81. The van der Waals surface area contributed by atoms with Crippen LogP contribution in [0.1, 0.15) is 33.1 Å². The van der Waals surface area contributed by atoms with Crippen LogP contribution in [0.15, 0.2) is 12.2 Å². The van der Waals surface area contributed by atoms with E-state index in [9.17, 15) is 29.7 Å². The van der Waals surface area contributed by atoms with Crippen LogP contribution in [-0.2, 0) is 23.9 Å². The van der Waals surface area contributed by atoms with Crippen molar-refractivity contribution in [2.24, 2.45) is 0 Å². The number of carbonyl (C=O) groups excluding carboxylic acids is 3. The van der Waals surface area contributed by atoms with E-state index in [0.717, 1.165) is 0 Å². The Labute approximate surface area is 170 Å². The number of rotatable bonds is 9. The highest BCUT2D eigenvalue weighted by molar-refractivity contribution is 5.89. The Kier molecular flexibility index (Phi) is 10.2. The maximum atomic E-state index is 12.6. The molecule has 2 amide bonds. The molecule has 1 saturated heterocycles. The Morgan fingerprint density at radius 1 is 1.28 bits per heavy atom. The molecule has 1 aliphatic heterocycles. The minimum atomic E-state index is -1.72. The minimum Gasteiger partial charge on any atom is -0.460 e. The standard InChI is InChI=1S/C19H32N2O8/c1-5-7-13(22)15(24)16(25)17(28-4)18(26)20-12-9-8-11(29-14(23)6-2)10-21(3)19(12)27/h5,7,11-13,15-17,22,24-25H,6,8-10H2,1-4H3,(H,20,26)/b7-5+. The van der Waals surface area contributed by atoms with Crippen molar-refractivity contribution in [3.63, 3.8) is 0 Å². The summed E-state index contributed by atoms with van der Waals surface area (Å²) in [5.41, 5.74) is 0. The third-order valence-corrected chi connectivity index (χ3v) is 4.74. The Morgan fingerprint density at radius 3 is 2.48 bits per heavy atom. The van der Waals surface area contributed by atoms with E-state index in [2.05, 4.69) is 5.32 Å². The first-order valence-electron chi connectivity index (χ1n) is 9.60. The van der Waals surface area contributed by atoms with Crippen LogP contribution in [0, 0.1) is 0 Å². The minimum absolute atomic E-state index is 0.210. The number of hydrogen-bond acceptors (Lipinski definition) is 8. The monoisotopic (exact) mass is 416 g/mol. The topological polar surface area (TPSA) is 146 Å². The van der Waals surface area contributed by atoms with Crippen molar-refractivity contribution < 1.29 is 39.2 Å². The van der Waals surface area contributed by atoms with E-state index in [4.69, 9.17) is 9.47 Å². The van der Waals surface area contributed by atoms with Gasteiger partial charge in [-0.1, -0.05) is 19.1 Å². The summed E-state index contributed by atoms with van der Waals surface area (Å²) < 4.78 is 10.3. The third-order valence-electron chi connectivity index (χ3n) is 4.74. The van der Waals surface area contributed by atoms with Crippen LogP contribution < -0.4 is 5.32 Å². The summed E-state index contributed by atoms with van der Waals surface area (Å²) in [6.07, 6.45) is -3.16. The van der Waals surface area contributed by atoms with Crippen molar-refractivity contribution >= 4 is 17.8 Å². The molecule has 6 unspecified atom stereocenters. The molecule has 0 aliphatic carbocycles. The van der Waals surface area contributed by atoms with E-state index in [-0.39, 0.29) is 31.3 Å². The molecule has 6 atom stereocenters. The first-order chi connectivity index (χ1) is 13.7. The maximum Gasteiger partial charge on any atom is 0.305 e. The molecule has 0 saturated carbocycles. The van der Waals surface area contributed by atoms with Gasteiger partial charge in [-0.05, 0) is 19.8 Å². The lowest BCUT2D eigenvalue weighted by Crippen LogP contribution is -2.55. The molecule has 1 rings (SSSR count). The van der Waals surface area contributed by atoms with Crippen molar-refractivity contribution in [3.05, 3.63) is 12.2 Å². The molecule has 29 heavy (non-hydrogen) atoms. The molecule has 1 fully saturated rings. The van der Waals surface area contributed by atoms with Gasteiger partial charge in [0, 0.05) is 20.6 Å². The van der Waals surface area contributed by atoms with Crippen LogP contribution in [0.5, 0.6) is 0 Å². The summed E-state index contributed by atoms with van der Waals surface area (Å²) in [7, 11) is 2.71. The lowest BCUT2D eigenvalue weighted by Gasteiger charge is -2.28. The quantitative estimate of drug-likeness (QED) is 0.269. The predicted octanol–water partition coefficient (Wildman–Crippen LogP) is -1.28. The number of aliphatic hydroxyl groups excluding tert-OH is 3. The number of hydrogen-bond donors (Lipinski definition) is 4. The van der Waals surface area contributed by atoms with Gasteiger partial charge in [0.2, 0.25) is 5.91 Å². The number of ether oxygens (including phenoxy) is 2. The highest BCUT2D eigenvalue weighted by atomic mass is 16.5. The molecule has 0 radical (unpaired) electrons. The average molecular weight is 416 g/mol. The zero-order valence-electron chi connectivity index (χ0n) is 17.3. The van der Waals surface area contributed by atoms with Crippen LogP contribution in [0.25, 0.3) is 0 Å². The summed E-state index contributed by atoms with van der Waals surface area (Å²) in [6, 6.07) is -0.903. The maximum absolute atomic E-state index is 12.6. The molecular weight excluding hydrogens is 384 g/mol. The van der Waals surface area contributed by atoms with Crippen molar-refractivity contribution in [1.82, 2.24) is 10.2 Å². The number of nitrogens with one attached hydrogen (secondary N) is 1. The summed E-state index contributed by atoms with van der Waals surface area (Å²) >= 11 is 0. The SMILES string of the molecule is C/C=C/C(O)C(O)C(O)C(OC)C(=O)NC1CCC(OC(=O)CC)CN(C)C1=O. The van der Waals surface area contributed by atoms with Crippen LogP contribution in [0.2, 0.25) is 0 Å². The number of allylic oxidation sites excluding steroid dienone is 1. The second-order valence-corrected chi connectivity index (χ2v) is 6.98. The summed E-state index contributed by atoms with van der Waals surface area (Å²) in [6.45, 7) is 3.51. The number of amides is 2. The second kappa shape index (κ2) is 11.9. The first kappa shape index (κ1) is 25.0. The molecule has 0 spiro atoms. The zero-order valence-corrected chi connectivity index (χ0v) is 17.3. The van der Waals surface area contributed by atoms with Crippen LogP contribution in [-0.4, -0.2) is 95.3 Å². The van der Waals surface area contributed by atoms with E-state index in [0.29, 0.717) is 6.42 Å². The van der Waals surface area contributed by atoms with Gasteiger partial charge in [-0.15, -0.1) is 0 Å². The Morgan fingerprint density at radius 2 is 1.93 bits per heavy atom. The van der Waals surface area contributed by atoms with Gasteiger partial charge in [-0.3, -0.25) is 14.4 Å². The molecule has 4 N–H and O–H groups in total. The lowest BCUT2D eigenvalue weighted by atomic mass is 10.0. The number of likely N-dealkylation sites (N-methyl/N-ethyl adjacent to an activating group) is 1. The molecule has 0 bridgehead atoms. The van der Waals surface area contributed by atoms with Crippen LogP contribution in [0.4, 0.5) is 0 Å². The predicted molar refractivity (Wildman–Crippen MR) is 103 cm³/mol. The fourth-order valence-corrected chi connectivity index (χ4v) is 3.08. The second-order valence-electron chi connectivity index (χ2n) is 6.98. The Bertz CT molecular complexity index is 597. The lowest BCUT2D eigenvalue weighted by molar-refractivity contribution is -0.151. The van der Waals surface area contributed by atoms with E-state index in [1.54, 1.807) is 20.9 Å². The highest BCUT2D eigenvalue weighted by Crippen LogP contribution is 2.16.